The van der Waals surface area contributed by atoms with Crippen LogP contribution >= 0.6 is 22.9 Å². The molecule has 0 unspecified atom stereocenters. The number of nitrogens with zero attached hydrogens (tertiary/aromatic N) is 3. The van der Waals surface area contributed by atoms with Gasteiger partial charge in [0.15, 0.2) is 0 Å². The van der Waals surface area contributed by atoms with Crippen molar-refractivity contribution in [2.24, 2.45) is 0 Å². The molecule has 20 heavy (non-hydrogen) atoms. The number of hydrogen-bond acceptors (Lipinski definition) is 5. The zero-order chi connectivity index (χ0) is 14.7. The maximum Gasteiger partial charge on any atom is 0.221 e. The van der Waals surface area contributed by atoms with E-state index in [1.807, 2.05) is 33.2 Å². The fourth-order valence-electron chi connectivity index (χ4n) is 1.69. The average molecular weight is 312 g/mol. The lowest BCUT2D eigenvalue weighted by atomic mass is 10.2. The number of thiazole rings is 1. The third-order valence-corrected chi connectivity index (χ3v) is 4.35. The number of aryl methyl sites for hydroxylation is 1. The molecule has 2 aromatic heterocycles. The normalized spacial score (nSPS) is 11.1. The molecule has 108 valence electrons. The molecule has 0 bridgehead atoms. The minimum Gasteiger partial charge on any atom is -0.477 e. The molecule has 0 saturated heterocycles. The molecule has 0 aliphatic rings. The van der Waals surface area contributed by atoms with E-state index in [0.29, 0.717) is 23.5 Å². The molecule has 0 radical (unpaired) electrons. The Labute approximate surface area is 128 Å². The van der Waals surface area contributed by atoms with E-state index < -0.39 is 0 Å². The van der Waals surface area contributed by atoms with E-state index in [1.165, 1.54) is 4.88 Å². The molecule has 0 atom stereocenters. The summed E-state index contributed by atoms with van der Waals surface area (Å²) in [5, 5.41) is 0.465. The van der Waals surface area contributed by atoms with Gasteiger partial charge in [0.05, 0.1) is 17.8 Å². The Kier molecular flexibility index (Phi) is 4.94. The van der Waals surface area contributed by atoms with E-state index >= 15 is 0 Å². The Morgan fingerprint density at radius 3 is 2.65 bits per heavy atom. The summed E-state index contributed by atoms with van der Waals surface area (Å²) in [6.45, 7) is 8.51. The minimum absolute atomic E-state index is 0.221. The average Bonchev–Trinajstić information content (AvgIpc) is 2.80. The summed E-state index contributed by atoms with van der Waals surface area (Å²) >= 11 is 7.78. The SMILES string of the molecule is Cc1ncsc1CCOc1nc(C(C)C)nc(Cl)c1C. The Bertz CT molecular complexity index is 598. The van der Waals surface area contributed by atoms with Crippen LogP contribution in [0.1, 0.15) is 41.7 Å². The number of rotatable bonds is 5. The molecule has 0 aliphatic carbocycles. The van der Waals surface area contributed by atoms with E-state index in [1.54, 1.807) is 11.3 Å². The molecule has 0 fully saturated rings. The molecule has 0 spiro atoms. The third kappa shape index (κ3) is 3.46. The molecule has 0 aliphatic heterocycles. The molecule has 2 rings (SSSR count). The van der Waals surface area contributed by atoms with Gasteiger partial charge in [0, 0.05) is 22.8 Å². The number of halogens is 1. The molecule has 6 heteroatoms. The summed E-state index contributed by atoms with van der Waals surface area (Å²) in [5.74, 6) is 1.51. The zero-order valence-corrected chi connectivity index (χ0v) is 13.7. The van der Waals surface area contributed by atoms with Crippen LogP contribution in [0.4, 0.5) is 0 Å². The van der Waals surface area contributed by atoms with Crippen molar-refractivity contribution in [2.45, 2.75) is 40.0 Å². The second-order valence-corrected chi connectivity index (χ2v) is 6.21. The molecule has 0 aromatic carbocycles. The molecule has 2 heterocycles. The lowest BCUT2D eigenvalue weighted by molar-refractivity contribution is 0.305. The molecular formula is C14H18ClN3OS. The molecule has 0 amide bonds. The van der Waals surface area contributed by atoms with Crippen LogP contribution in [0.3, 0.4) is 0 Å². The van der Waals surface area contributed by atoms with Gasteiger partial charge >= 0.3 is 0 Å². The highest BCUT2D eigenvalue weighted by Crippen LogP contribution is 2.25. The first-order valence-corrected chi connectivity index (χ1v) is 7.80. The van der Waals surface area contributed by atoms with Crippen molar-refractivity contribution in [3.8, 4) is 5.88 Å². The van der Waals surface area contributed by atoms with Gasteiger partial charge in [-0.2, -0.15) is 4.98 Å². The summed E-state index contributed by atoms with van der Waals surface area (Å²) in [6, 6.07) is 0. The van der Waals surface area contributed by atoms with Gasteiger partial charge in [-0.15, -0.1) is 11.3 Å². The van der Waals surface area contributed by atoms with Crippen LogP contribution in [-0.4, -0.2) is 21.6 Å². The topological polar surface area (TPSA) is 47.9 Å². The standard InChI is InChI=1S/C14H18ClN3OS/c1-8(2)13-17-12(15)9(3)14(18-13)19-6-5-11-10(4)16-7-20-11/h7-8H,5-6H2,1-4H3. The predicted molar refractivity (Wildman–Crippen MR) is 81.9 cm³/mol. The first-order valence-electron chi connectivity index (χ1n) is 6.54. The lowest BCUT2D eigenvalue weighted by Crippen LogP contribution is -2.08. The van der Waals surface area contributed by atoms with Gasteiger partial charge in [-0.25, -0.2) is 9.97 Å². The van der Waals surface area contributed by atoms with Crippen LogP contribution in [0, 0.1) is 13.8 Å². The highest BCUT2D eigenvalue weighted by molar-refractivity contribution is 7.09. The predicted octanol–water partition coefficient (Wildman–Crippen LogP) is 3.95. The van der Waals surface area contributed by atoms with Crippen LogP contribution in [0.25, 0.3) is 0 Å². The smallest absolute Gasteiger partial charge is 0.221 e. The third-order valence-electron chi connectivity index (χ3n) is 2.99. The van der Waals surface area contributed by atoms with Gasteiger partial charge in [0.1, 0.15) is 11.0 Å². The second-order valence-electron chi connectivity index (χ2n) is 4.92. The Morgan fingerprint density at radius 1 is 1.30 bits per heavy atom. The Balaban J connectivity index is 2.07. The quantitative estimate of drug-likeness (QED) is 0.784. The monoisotopic (exact) mass is 311 g/mol. The summed E-state index contributed by atoms with van der Waals surface area (Å²) in [5.41, 5.74) is 3.71. The van der Waals surface area contributed by atoms with Crippen LogP contribution in [0.15, 0.2) is 5.51 Å². The van der Waals surface area contributed by atoms with Crippen molar-refractivity contribution >= 4 is 22.9 Å². The van der Waals surface area contributed by atoms with Gasteiger partial charge in [-0.05, 0) is 13.8 Å². The van der Waals surface area contributed by atoms with Crippen molar-refractivity contribution in [2.75, 3.05) is 6.61 Å². The first kappa shape index (κ1) is 15.2. The summed E-state index contributed by atoms with van der Waals surface area (Å²) in [6.07, 6.45) is 0.828. The molecule has 2 aromatic rings. The van der Waals surface area contributed by atoms with E-state index in [2.05, 4.69) is 15.0 Å². The van der Waals surface area contributed by atoms with Gasteiger partial charge in [-0.1, -0.05) is 25.4 Å². The van der Waals surface area contributed by atoms with Crippen molar-refractivity contribution in [1.29, 1.82) is 0 Å². The van der Waals surface area contributed by atoms with E-state index in [9.17, 15) is 0 Å². The van der Waals surface area contributed by atoms with Crippen LogP contribution in [0.5, 0.6) is 5.88 Å². The second kappa shape index (κ2) is 6.50. The lowest BCUT2D eigenvalue weighted by Gasteiger charge is -2.12. The maximum absolute atomic E-state index is 6.13. The fraction of sp³-hybridized carbons (Fsp3) is 0.500. The fourth-order valence-corrected chi connectivity index (χ4v) is 2.62. The van der Waals surface area contributed by atoms with Gasteiger partial charge < -0.3 is 4.74 Å². The van der Waals surface area contributed by atoms with E-state index in [4.69, 9.17) is 16.3 Å². The zero-order valence-electron chi connectivity index (χ0n) is 12.1. The summed E-state index contributed by atoms with van der Waals surface area (Å²) in [7, 11) is 0. The van der Waals surface area contributed by atoms with Crippen LogP contribution in [-0.2, 0) is 6.42 Å². The molecule has 0 N–H and O–H groups in total. The maximum atomic E-state index is 6.13. The van der Waals surface area contributed by atoms with Crippen LogP contribution < -0.4 is 4.74 Å². The van der Waals surface area contributed by atoms with Gasteiger partial charge in [0.25, 0.3) is 0 Å². The van der Waals surface area contributed by atoms with Crippen molar-refractivity contribution < 1.29 is 4.74 Å². The Hall–Kier alpha value is -1.20. The van der Waals surface area contributed by atoms with Crippen molar-refractivity contribution in [1.82, 2.24) is 15.0 Å². The first-order chi connectivity index (χ1) is 9.49. The van der Waals surface area contributed by atoms with E-state index in [0.717, 1.165) is 17.7 Å². The highest BCUT2D eigenvalue weighted by Gasteiger charge is 2.13. The number of ether oxygens (including phenoxy) is 1. The summed E-state index contributed by atoms with van der Waals surface area (Å²) in [4.78, 5) is 14.2. The Morgan fingerprint density at radius 2 is 2.05 bits per heavy atom. The van der Waals surface area contributed by atoms with Gasteiger partial charge in [-0.3, -0.25) is 0 Å². The van der Waals surface area contributed by atoms with Gasteiger partial charge in [0.2, 0.25) is 5.88 Å². The molecule has 4 nitrogen and oxygen atoms in total. The summed E-state index contributed by atoms with van der Waals surface area (Å²) < 4.78 is 5.78. The van der Waals surface area contributed by atoms with Crippen LogP contribution in [0.2, 0.25) is 5.15 Å². The van der Waals surface area contributed by atoms with E-state index in [-0.39, 0.29) is 5.92 Å². The van der Waals surface area contributed by atoms with Crippen molar-refractivity contribution in [3.63, 3.8) is 0 Å². The number of hydrogen-bond donors (Lipinski definition) is 0. The molecular weight excluding hydrogens is 294 g/mol. The molecule has 0 saturated carbocycles. The largest absolute Gasteiger partial charge is 0.477 e. The van der Waals surface area contributed by atoms with Crippen molar-refractivity contribution in [3.05, 3.63) is 32.6 Å². The minimum atomic E-state index is 0.221. The number of aromatic nitrogens is 3. The highest BCUT2D eigenvalue weighted by atomic mass is 35.5.